The summed E-state index contributed by atoms with van der Waals surface area (Å²) in [6, 6.07) is 11.4. The van der Waals surface area contributed by atoms with Gasteiger partial charge in [0.25, 0.3) is 0 Å². The number of nitrogens with zero attached hydrogens (tertiary/aromatic N) is 3. The van der Waals surface area contributed by atoms with E-state index in [9.17, 15) is 0 Å². The molecule has 0 amide bonds. The van der Waals surface area contributed by atoms with Crippen LogP contribution in [0.1, 0.15) is 49.4 Å². The SMILES string of the molecule is CCC(c1ccccc1)C1CCCN1Cc1noc(CN)n1.Cl. The lowest BCUT2D eigenvalue weighted by molar-refractivity contribution is 0.204. The van der Waals surface area contributed by atoms with Crippen LogP contribution in [-0.4, -0.2) is 27.6 Å². The number of hydrogen-bond acceptors (Lipinski definition) is 5. The largest absolute Gasteiger partial charge is 0.338 e. The molecule has 126 valence electrons. The maximum absolute atomic E-state index is 5.53. The van der Waals surface area contributed by atoms with Crippen LogP contribution in [0.15, 0.2) is 34.9 Å². The molecule has 0 aliphatic carbocycles. The molecule has 23 heavy (non-hydrogen) atoms. The maximum Gasteiger partial charge on any atom is 0.240 e. The van der Waals surface area contributed by atoms with Gasteiger partial charge >= 0.3 is 0 Å². The Morgan fingerprint density at radius 2 is 2.13 bits per heavy atom. The van der Waals surface area contributed by atoms with E-state index < -0.39 is 0 Å². The molecule has 3 rings (SSSR count). The minimum absolute atomic E-state index is 0. The summed E-state index contributed by atoms with van der Waals surface area (Å²) in [5, 5.41) is 4.04. The highest BCUT2D eigenvalue weighted by Crippen LogP contribution is 2.34. The fourth-order valence-corrected chi connectivity index (χ4v) is 3.55. The van der Waals surface area contributed by atoms with E-state index in [2.05, 4.69) is 52.3 Å². The van der Waals surface area contributed by atoms with Crippen LogP contribution in [0.4, 0.5) is 0 Å². The van der Waals surface area contributed by atoms with E-state index in [0.29, 0.717) is 24.4 Å². The molecule has 2 atom stereocenters. The number of hydrogen-bond donors (Lipinski definition) is 1. The molecule has 1 saturated heterocycles. The summed E-state index contributed by atoms with van der Waals surface area (Å²) in [4.78, 5) is 6.83. The molecule has 2 unspecified atom stereocenters. The molecule has 0 radical (unpaired) electrons. The molecule has 2 N–H and O–H groups in total. The summed E-state index contributed by atoms with van der Waals surface area (Å²) in [5.74, 6) is 1.82. The second-order valence-corrected chi connectivity index (χ2v) is 5.91. The van der Waals surface area contributed by atoms with Crippen LogP contribution in [-0.2, 0) is 13.1 Å². The normalized spacial score (nSPS) is 19.5. The van der Waals surface area contributed by atoms with Gasteiger partial charge in [-0.2, -0.15) is 4.98 Å². The highest BCUT2D eigenvalue weighted by molar-refractivity contribution is 5.85. The molecule has 1 aromatic heterocycles. The van der Waals surface area contributed by atoms with Crippen molar-refractivity contribution in [3.05, 3.63) is 47.6 Å². The fourth-order valence-electron chi connectivity index (χ4n) is 3.55. The van der Waals surface area contributed by atoms with Gasteiger partial charge in [-0.25, -0.2) is 0 Å². The molecule has 1 aliphatic heterocycles. The van der Waals surface area contributed by atoms with Crippen LogP contribution in [0.2, 0.25) is 0 Å². The monoisotopic (exact) mass is 336 g/mol. The van der Waals surface area contributed by atoms with Crippen molar-refractivity contribution in [1.82, 2.24) is 15.0 Å². The predicted molar refractivity (Wildman–Crippen MR) is 92.3 cm³/mol. The van der Waals surface area contributed by atoms with Crippen molar-refractivity contribution in [2.24, 2.45) is 5.73 Å². The zero-order chi connectivity index (χ0) is 15.4. The molecule has 0 saturated carbocycles. The van der Waals surface area contributed by atoms with Gasteiger partial charge in [0.15, 0.2) is 5.82 Å². The van der Waals surface area contributed by atoms with Crippen LogP contribution >= 0.6 is 12.4 Å². The first-order valence-corrected chi connectivity index (χ1v) is 8.12. The molecular formula is C17H25ClN4O. The fraction of sp³-hybridized carbons (Fsp3) is 0.529. The van der Waals surface area contributed by atoms with E-state index in [-0.39, 0.29) is 12.4 Å². The summed E-state index contributed by atoms with van der Waals surface area (Å²) in [7, 11) is 0. The van der Waals surface area contributed by atoms with Crippen molar-refractivity contribution in [3.8, 4) is 0 Å². The molecular weight excluding hydrogens is 312 g/mol. The van der Waals surface area contributed by atoms with Gasteiger partial charge in [0.05, 0.1) is 13.1 Å². The average molecular weight is 337 g/mol. The second-order valence-electron chi connectivity index (χ2n) is 5.91. The lowest BCUT2D eigenvalue weighted by Crippen LogP contribution is -2.34. The topological polar surface area (TPSA) is 68.2 Å². The Balaban J connectivity index is 0.00000192. The third-order valence-corrected chi connectivity index (χ3v) is 4.58. The van der Waals surface area contributed by atoms with Crippen molar-refractivity contribution in [2.45, 2.75) is 51.2 Å². The van der Waals surface area contributed by atoms with Crippen LogP contribution in [0.25, 0.3) is 0 Å². The minimum Gasteiger partial charge on any atom is -0.338 e. The van der Waals surface area contributed by atoms with Crippen molar-refractivity contribution < 1.29 is 4.52 Å². The first kappa shape index (κ1) is 17.9. The van der Waals surface area contributed by atoms with Crippen molar-refractivity contribution in [1.29, 1.82) is 0 Å². The zero-order valence-corrected chi connectivity index (χ0v) is 14.3. The van der Waals surface area contributed by atoms with Gasteiger partial charge in [-0.1, -0.05) is 42.4 Å². The third kappa shape index (κ3) is 4.10. The molecule has 2 aromatic rings. The first-order valence-electron chi connectivity index (χ1n) is 8.12. The van der Waals surface area contributed by atoms with Gasteiger partial charge in [-0.15, -0.1) is 12.4 Å². The smallest absolute Gasteiger partial charge is 0.240 e. The second kappa shape index (κ2) is 8.43. The predicted octanol–water partition coefficient (Wildman–Crippen LogP) is 3.11. The number of likely N-dealkylation sites (tertiary alicyclic amines) is 1. The lowest BCUT2D eigenvalue weighted by Gasteiger charge is -2.30. The summed E-state index contributed by atoms with van der Waals surface area (Å²) >= 11 is 0. The van der Waals surface area contributed by atoms with Gasteiger partial charge in [0.2, 0.25) is 5.89 Å². The number of nitrogens with two attached hydrogens (primary N) is 1. The Bertz CT molecular complexity index is 589. The third-order valence-electron chi connectivity index (χ3n) is 4.58. The summed E-state index contributed by atoms with van der Waals surface area (Å²) in [5.41, 5.74) is 6.96. The standard InChI is InChI=1S/C17H24N4O.ClH/c1-2-14(13-7-4-3-5-8-13)15-9-6-10-21(15)12-16-19-17(11-18)22-20-16;/h3-5,7-8,14-15H,2,6,9-12,18H2,1H3;1H. The van der Waals surface area contributed by atoms with Gasteiger partial charge in [0, 0.05) is 6.04 Å². The molecule has 5 nitrogen and oxygen atoms in total. The van der Waals surface area contributed by atoms with E-state index in [0.717, 1.165) is 25.3 Å². The van der Waals surface area contributed by atoms with E-state index in [1.54, 1.807) is 0 Å². The Labute approximate surface area is 143 Å². The van der Waals surface area contributed by atoms with Gasteiger partial charge in [-0.3, -0.25) is 4.90 Å². The molecule has 0 spiro atoms. The molecule has 1 fully saturated rings. The molecule has 0 bridgehead atoms. The van der Waals surface area contributed by atoms with Gasteiger partial charge in [0.1, 0.15) is 0 Å². The van der Waals surface area contributed by atoms with E-state index in [1.165, 1.54) is 18.4 Å². The Hall–Kier alpha value is -1.43. The number of rotatable bonds is 6. The highest BCUT2D eigenvalue weighted by Gasteiger charge is 2.32. The molecule has 2 heterocycles. The van der Waals surface area contributed by atoms with Crippen LogP contribution in [0.3, 0.4) is 0 Å². The van der Waals surface area contributed by atoms with Crippen molar-refractivity contribution in [3.63, 3.8) is 0 Å². The Kier molecular flexibility index (Phi) is 6.57. The first-order chi connectivity index (χ1) is 10.8. The van der Waals surface area contributed by atoms with Crippen LogP contribution in [0, 0.1) is 0 Å². The molecule has 1 aliphatic rings. The number of halogens is 1. The number of benzene rings is 1. The van der Waals surface area contributed by atoms with E-state index >= 15 is 0 Å². The summed E-state index contributed by atoms with van der Waals surface area (Å²) in [6.45, 7) is 4.42. The quantitative estimate of drug-likeness (QED) is 0.877. The highest BCUT2D eigenvalue weighted by atomic mass is 35.5. The lowest BCUT2D eigenvalue weighted by atomic mass is 9.87. The van der Waals surface area contributed by atoms with Crippen LogP contribution < -0.4 is 5.73 Å². The zero-order valence-electron chi connectivity index (χ0n) is 13.5. The van der Waals surface area contributed by atoms with Crippen molar-refractivity contribution in [2.75, 3.05) is 6.54 Å². The average Bonchev–Trinajstić information content (AvgIpc) is 3.20. The Morgan fingerprint density at radius 1 is 1.35 bits per heavy atom. The van der Waals surface area contributed by atoms with E-state index in [1.807, 2.05) is 0 Å². The van der Waals surface area contributed by atoms with Gasteiger partial charge < -0.3 is 10.3 Å². The molecule has 6 heteroatoms. The van der Waals surface area contributed by atoms with Gasteiger partial charge in [-0.05, 0) is 37.3 Å². The Morgan fingerprint density at radius 3 is 2.78 bits per heavy atom. The summed E-state index contributed by atoms with van der Waals surface area (Å²) < 4.78 is 5.12. The minimum atomic E-state index is 0. The van der Waals surface area contributed by atoms with E-state index in [4.69, 9.17) is 10.3 Å². The number of aromatic nitrogens is 2. The maximum atomic E-state index is 5.53. The van der Waals surface area contributed by atoms with Crippen molar-refractivity contribution >= 4 is 12.4 Å². The van der Waals surface area contributed by atoms with Crippen LogP contribution in [0.5, 0.6) is 0 Å². The summed E-state index contributed by atoms with van der Waals surface area (Å²) in [6.07, 6.45) is 3.61. The molecule has 1 aromatic carbocycles.